The van der Waals surface area contributed by atoms with Crippen LogP contribution in [0.4, 0.5) is 5.82 Å². The van der Waals surface area contributed by atoms with Crippen LogP contribution in [0, 0.1) is 5.92 Å². The van der Waals surface area contributed by atoms with E-state index in [-0.39, 0.29) is 30.3 Å². The Hall–Kier alpha value is -3.16. The molecule has 8 heteroatoms. The molecular formula is C24H33N5O3. The van der Waals surface area contributed by atoms with Gasteiger partial charge in [0, 0.05) is 43.7 Å². The van der Waals surface area contributed by atoms with Crippen LogP contribution in [0.25, 0.3) is 11.3 Å². The topological polar surface area (TPSA) is 78.9 Å². The molecule has 3 rings (SSSR count). The van der Waals surface area contributed by atoms with Gasteiger partial charge in [0.25, 0.3) is 0 Å². The number of carbonyl (C=O) groups excluding carboxylic acids is 2. The molecule has 0 unspecified atom stereocenters. The Morgan fingerprint density at radius 2 is 1.75 bits per heavy atom. The largest absolute Gasteiger partial charge is 0.497 e. The number of amides is 2. The second kappa shape index (κ2) is 10.4. The Balaban J connectivity index is 1.58. The number of ether oxygens (including phenoxy) is 1. The van der Waals surface area contributed by atoms with Crippen LogP contribution in [-0.4, -0.2) is 77.7 Å². The summed E-state index contributed by atoms with van der Waals surface area (Å²) in [4.78, 5) is 30.9. The van der Waals surface area contributed by atoms with Crippen LogP contribution in [0.15, 0.2) is 36.4 Å². The fourth-order valence-corrected chi connectivity index (χ4v) is 3.71. The predicted octanol–water partition coefficient (Wildman–Crippen LogP) is 2.69. The van der Waals surface area contributed by atoms with Crippen molar-refractivity contribution in [2.45, 2.75) is 33.7 Å². The zero-order valence-corrected chi connectivity index (χ0v) is 19.6. The average Bonchev–Trinajstić information content (AvgIpc) is 2.82. The van der Waals surface area contributed by atoms with Crippen molar-refractivity contribution in [2.24, 2.45) is 5.92 Å². The van der Waals surface area contributed by atoms with Crippen LogP contribution in [0.2, 0.25) is 0 Å². The molecule has 2 heterocycles. The maximum Gasteiger partial charge on any atom is 0.242 e. The summed E-state index contributed by atoms with van der Waals surface area (Å²) in [5, 5.41) is 8.77. The summed E-state index contributed by atoms with van der Waals surface area (Å²) < 4.78 is 5.28. The second-order valence-electron chi connectivity index (χ2n) is 8.59. The van der Waals surface area contributed by atoms with Crippen LogP contribution >= 0.6 is 0 Å². The van der Waals surface area contributed by atoms with Crippen molar-refractivity contribution in [1.29, 1.82) is 0 Å². The lowest BCUT2D eigenvalue weighted by Gasteiger charge is -2.37. The van der Waals surface area contributed by atoms with E-state index in [1.807, 2.05) is 69.0 Å². The van der Waals surface area contributed by atoms with Crippen LogP contribution in [0.3, 0.4) is 0 Å². The Morgan fingerprint density at radius 3 is 2.31 bits per heavy atom. The fraction of sp³-hybridized carbons (Fsp3) is 0.500. The highest BCUT2D eigenvalue weighted by Crippen LogP contribution is 2.23. The van der Waals surface area contributed by atoms with Crippen LogP contribution in [0.5, 0.6) is 5.75 Å². The third-order valence-corrected chi connectivity index (χ3v) is 5.68. The molecule has 0 aliphatic carbocycles. The molecule has 1 aliphatic heterocycles. The number of rotatable bonds is 7. The molecule has 8 nitrogen and oxygen atoms in total. The van der Waals surface area contributed by atoms with Gasteiger partial charge in [-0.3, -0.25) is 9.59 Å². The maximum absolute atomic E-state index is 12.8. The summed E-state index contributed by atoms with van der Waals surface area (Å²) in [7, 11) is 1.64. The van der Waals surface area contributed by atoms with E-state index in [4.69, 9.17) is 4.74 Å². The Kier molecular flexibility index (Phi) is 7.66. The summed E-state index contributed by atoms with van der Waals surface area (Å²) in [6.07, 6.45) is 0. The van der Waals surface area contributed by atoms with Gasteiger partial charge in [0.1, 0.15) is 5.75 Å². The van der Waals surface area contributed by atoms with Crippen molar-refractivity contribution in [3.8, 4) is 17.0 Å². The van der Waals surface area contributed by atoms with E-state index < -0.39 is 0 Å². The first-order chi connectivity index (χ1) is 15.3. The van der Waals surface area contributed by atoms with Gasteiger partial charge >= 0.3 is 0 Å². The van der Waals surface area contributed by atoms with Crippen LogP contribution in [-0.2, 0) is 9.59 Å². The molecule has 172 valence electrons. The SMILES string of the molecule is COc1cccc(-c2ccc(N3CCN(C(=O)CN(C(=O)C(C)C)C(C)C)CC3)nn2)c1. The minimum atomic E-state index is -0.124. The molecule has 1 aromatic carbocycles. The van der Waals surface area contributed by atoms with Gasteiger partial charge in [0.15, 0.2) is 5.82 Å². The van der Waals surface area contributed by atoms with Gasteiger partial charge in [0.2, 0.25) is 11.8 Å². The average molecular weight is 440 g/mol. The number of carbonyl (C=O) groups is 2. The Bertz CT molecular complexity index is 921. The molecule has 0 radical (unpaired) electrons. The number of methoxy groups -OCH3 is 1. The smallest absolute Gasteiger partial charge is 0.242 e. The summed E-state index contributed by atoms with van der Waals surface area (Å²) >= 11 is 0. The van der Waals surface area contributed by atoms with E-state index in [2.05, 4.69) is 15.1 Å². The van der Waals surface area contributed by atoms with E-state index in [1.54, 1.807) is 12.0 Å². The summed E-state index contributed by atoms with van der Waals surface area (Å²) in [6.45, 7) is 10.3. The van der Waals surface area contributed by atoms with E-state index in [1.165, 1.54) is 0 Å². The molecule has 0 bridgehead atoms. The first-order valence-corrected chi connectivity index (χ1v) is 11.1. The molecule has 0 atom stereocenters. The second-order valence-corrected chi connectivity index (χ2v) is 8.59. The molecule has 2 amide bonds. The van der Waals surface area contributed by atoms with E-state index >= 15 is 0 Å². The normalized spacial score (nSPS) is 14.1. The minimum Gasteiger partial charge on any atom is -0.497 e. The lowest BCUT2D eigenvalue weighted by atomic mass is 10.1. The number of hydrogen-bond donors (Lipinski definition) is 0. The molecule has 1 aliphatic rings. The van der Waals surface area contributed by atoms with Crippen molar-refractivity contribution in [3.05, 3.63) is 36.4 Å². The summed E-state index contributed by atoms with van der Waals surface area (Å²) in [5.41, 5.74) is 1.73. The first kappa shape index (κ1) is 23.5. The van der Waals surface area contributed by atoms with E-state index in [9.17, 15) is 9.59 Å². The summed E-state index contributed by atoms with van der Waals surface area (Å²) in [5.74, 6) is 1.45. The van der Waals surface area contributed by atoms with Crippen molar-refractivity contribution < 1.29 is 14.3 Å². The van der Waals surface area contributed by atoms with Crippen molar-refractivity contribution in [3.63, 3.8) is 0 Å². The number of piperazine rings is 1. The van der Waals surface area contributed by atoms with E-state index in [0.717, 1.165) is 22.8 Å². The lowest BCUT2D eigenvalue weighted by molar-refractivity contribution is -0.144. The van der Waals surface area contributed by atoms with Gasteiger partial charge < -0.3 is 19.4 Å². The minimum absolute atomic E-state index is 0.00601. The highest BCUT2D eigenvalue weighted by molar-refractivity contribution is 5.86. The lowest BCUT2D eigenvalue weighted by Crippen LogP contribution is -2.53. The third-order valence-electron chi connectivity index (χ3n) is 5.68. The molecule has 1 saturated heterocycles. The first-order valence-electron chi connectivity index (χ1n) is 11.1. The van der Waals surface area contributed by atoms with Gasteiger partial charge in [-0.05, 0) is 38.1 Å². The molecule has 1 fully saturated rings. The molecule has 0 saturated carbocycles. The maximum atomic E-state index is 12.8. The van der Waals surface area contributed by atoms with Crippen molar-refractivity contribution in [2.75, 3.05) is 44.7 Å². The number of aromatic nitrogens is 2. The number of anilines is 1. The monoisotopic (exact) mass is 439 g/mol. The van der Waals surface area contributed by atoms with Gasteiger partial charge in [-0.2, -0.15) is 0 Å². The molecule has 0 N–H and O–H groups in total. The standard InChI is InChI=1S/C24H33N5O3/c1-17(2)24(31)29(18(3)4)16-23(30)28-13-11-27(12-14-28)22-10-9-21(25-26-22)19-7-6-8-20(15-19)32-5/h6-10,15,17-18H,11-14,16H2,1-5H3. The highest BCUT2D eigenvalue weighted by Gasteiger charge is 2.27. The Labute approximate surface area is 190 Å². The van der Waals surface area contributed by atoms with E-state index in [0.29, 0.717) is 26.2 Å². The van der Waals surface area contributed by atoms with Gasteiger partial charge in [-0.15, -0.1) is 10.2 Å². The van der Waals surface area contributed by atoms with Gasteiger partial charge in [-0.25, -0.2) is 0 Å². The third kappa shape index (κ3) is 5.55. The summed E-state index contributed by atoms with van der Waals surface area (Å²) in [6, 6.07) is 11.6. The highest BCUT2D eigenvalue weighted by atomic mass is 16.5. The molecule has 1 aromatic heterocycles. The van der Waals surface area contributed by atoms with Gasteiger partial charge in [0.05, 0.1) is 19.3 Å². The Morgan fingerprint density at radius 1 is 1.03 bits per heavy atom. The number of nitrogens with zero attached hydrogens (tertiary/aromatic N) is 5. The van der Waals surface area contributed by atoms with Gasteiger partial charge in [-0.1, -0.05) is 26.0 Å². The quantitative estimate of drug-likeness (QED) is 0.660. The number of benzene rings is 1. The zero-order valence-electron chi connectivity index (χ0n) is 19.6. The molecule has 32 heavy (non-hydrogen) atoms. The predicted molar refractivity (Wildman–Crippen MR) is 125 cm³/mol. The fourth-order valence-electron chi connectivity index (χ4n) is 3.71. The number of hydrogen-bond acceptors (Lipinski definition) is 6. The molecule has 2 aromatic rings. The van der Waals surface area contributed by atoms with Crippen LogP contribution < -0.4 is 9.64 Å². The molecule has 0 spiro atoms. The zero-order chi connectivity index (χ0) is 23.3. The molecular weight excluding hydrogens is 406 g/mol. The van der Waals surface area contributed by atoms with Crippen LogP contribution in [0.1, 0.15) is 27.7 Å². The van der Waals surface area contributed by atoms with Crippen molar-refractivity contribution in [1.82, 2.24) is 20.0 Å². The van der Waals surface area contributed by atoms with Crippen molar-refractivity contribution >= 4 is 17.6 Å².